The Bertz CT molecular complexity index is 711. The largest absolute Gasteiger partial charge is 0.481 e. The standard InChI is InChI=1S/C18H21NO4/c1-12(15-10-13-6-3-4-7-14(13)23-15)19(2)16(20)11-18(17(21)22)8-5-9-18/h3-4,6-7,10,12H,5,8-9,11H2,1-2H3,(H,21,22). The van der Waals surface area contributed by atoms with Crippen molar-refractivity contribution in [1.29, 1.82) is 0 Å². The molecule has 1 aromatic carbocycles. The third-order valence-electron chi connectivity index (χ3n) is 5.08. The Kier molecular flexibility index (Phi) is 3.88. The topological polar surface area (TPSA) is 70.8 Å². The van der Waals surface area contributed by atoms with Crippen molar-refractivity contribution in [3.8, 4) is 0 Å². The summed E-state index contributed by atoms with van der Waals surface area (Å²) >= 11 is 0. The molecule has 0 aliphatic heterocycles. The van der Waals surface area contributed by atoms with Gasteiger partial charge in [-0.25, -0.2) is 0 Å². The summed E-state index contributed by atoms with van der Waals surface area (Å²) in [4.78, 5) is 25.5. The number of rotatable bonds is 5. The van der Waals surface area contributed by atoms with E-state index in [0.717, 1.165) is 17.4 Å². The van der Waals surface area contributed by atoms with E-state index in [4.69, 9.17) is 4.42 Å². The fourth-order valence-electron chi connectivity index (χ4n) is 3.10. The monoisotopic (exact) mass is 315 g/mol. The summed E-state index contributed by atoms with van der Waals surface area (Å²) in [5, 5.41) is 10.4. The lowest BCUT2D eigenvalue weighted by Crippen LogP contribution is -2.43. The fraction of sp³-hybridized carbons (Fsp3) is 0.444. The second-order valence-electron chi connectivity index (χ2n) is 6.48. The minimum absolute atomic E-state index is 0.0589. The maximum absolute atomic E-state index is 12.5. The highest BCUT2D eigenvalue weighted by Crippen LogP contribution is 2.45. The second kappa shape index (κ2) is 5.72. The minimum Gasteiger partial charge on any atom is -0.481 e. The van der Waals surface area contributed by atoms with Gasteiger partial charge < -0.3 is 14.4 Å². The van der Waals surface area contributed by atoms with Gasteiger partial charge in [0, 0.05) is 18.9 Å². The van der Waals surface area contributed by atoms with Gasteiger partial charge in [0.25, 0.3) is 0 Å². The number of amides is 1. The van der Waals surface area contributed by atoms with E-state index in [9.17, 15) is 14.7 Å². The average molecular weight is 315 g/mol. The molecule has 5 heteroatoms. The number of furan rings is 1. The first-order valence-electron chi connectivity index (χ1n) is 7.90. The predicted octanol–water partition coefficient (Wildman–Crippen LogP) is 3.60. The lowest BCUT2D eigenvalue weighted by atomic mass is 9.66. The molecule has 3 rings (SSSR count). The number of nitrogens with zero attached hydrogens (tertiary/aromatic N) is 1. The van der Waals surface area contributed by atoms with Crippen LogP contribution < -0.4 is 0 Å². The summed E-state index contributed by atoms with van der Waals surface area (Å²) in [6.07, 6.45) is 2.10. The molecule has 5 nitrogen and oxygen atoms in total. The van der Waals surface area contributed by atoms with Crippen LogP contribution in [0.15, 0.2) is 34.7 Å². The summed E-state index contributed by atoms with van der Waals surface area (Å²) in [5.74, 6) is -0.304. The van der Waals surface area contributed by atoms with Crippen LogP contribution >= 0.6 is 0 Å². The maximum atomic E-state index is 12.5. The molecule has 1 unspecified atom stereocenters. The molecule has 1 heterocycles. The number of fused-ring (bicyclic) bond motifs is 1. The Morgan fingerprint density at radius 2 is 2.04 bits per heavy atom. The van der Waals surface area contributed by atoms with Crippen LogP contribution in [0.25, 0.3) is 11.0 Å². The number of carboxylic acid groups (broad SMARTS) is 1. The molecule has 1 fully saturated rings. The van der Waals surface area contributed by atoms with Gasteiger partial charge in [-0.3, -0.25) is 9.59 Å². The van der Waals surface area contributed by atoms with E-state index in [1.165, 1.54) is 0 Å². The Labute approximate surface area is 134 Å². The van der Waals surface area contributed by atoms with Crippen molar-refractivity contribution < 1.29 is 19.1 Å². The first-order valence-corrected chi connectivity index (χ1v) is 7.90. The molecule has 1 aliphatic carbocycles. The summed E-state index contributed by atoms with van der Waals surface area (Å²) < 4.78 is 5.81. The molecule has 1 aromatic heterocycles. The molecule has 1 atom stereocenters. The SMILES string of the molecule is CC(c1cc2ccccc2o1)N(C)C(=O)CC1(C(=O)O)CCC1. The zero-order chi connectivity index (χ0) is 16.6. The van der Waals surface area contributed by atoms with Crippen LogP contribution in [0, 0.1) is 5.41 Å². The van der Waals surface area contributed by atoms with Crippen molar-refractivity contribution in [2.45, 2.75) is 38.6 Å². The normalized spacial score (nSPS) is 17.5. The number of hydrogen-bond acceptors (Lipinski definition) is 3. The number of carbonyl (C=O) groups is 2. The molecule has 2 aromatic rings. The van der Waals surface area contributed by atoms with E-state index in [0.29, 0.717) is 18.6 Å². The molecule has 122 valence electrons. The van der Waals surface area contributed by atoms with E-state index >= 15 is 0 Å². The van der Waals surface area contributed by atoms with Crippen molar-refractivity contribution in [3.63, 3.8) is 0 Å². The van der Waals surface area contributed by atoms with Gasteiger partial charge in [-0.15, -0.1) is 0 Å². The number of para-hydroxylation sites is 1. The number of benzene rings is 1. The first-order chi connectivity index (χ1) is 10.9. The van der Waals surface area contributed by atoms with Crippen LogP contribution in [0.1, 0.15) is 44.4 Å². The lowest BCUT2D eigenvalue weighted by molar-refractivity contribution is -0.159. The third kappa shape index (κ3) is 2.71. The fourth-order valence-corrected chi connectivity index (χ4v) is 3.10. The number of carboxylic acids is 1. The van der Waals surface area contributed by atoms with E-state index in [-0.39, 0.29) is 18.4 Å². The smallest absolute Gasteiger partial charge is 0.310 e. The summed E-state index contributed by atoms with van der Waals surface area (Å²) in [5.41, 5.74) is -0.0740. The Morgan fingerprint density at radius 1 is 1.35 bits per heavy atom. The van der Waals surface area contributed by atoms with Gasteiger partial charge in [-0.1, -0.05) is 24.6 Å². The van der Waals surface area contributed by atoms with E-state index in [1.54, 1.807) is 11.9 Å². The van der Waals surface area contributed by atoms with Crippen LogP contribution in [0.4, 0.5) is 0 Å². The van der Waals surface area contributed by atoms with Crippen LogP contribution in [-0.4, -0.2) is 28.9 Å². The van der Waals surface area contributed by atoms with E-state index in [2.05, 4.69) is 0 Å². The van der Waals surface area contributed by atoms with E-state index < -0.39 is 11.4 Å². The molecule has 1 amide bonds. The first kappa shape index (κ1) is 15.6. The molecule has 1 saturated carbocycles. The Balaban J connectivity index is 1.74. The molecule has 0 spiro atoms. The maximum Gasteiger partial charge on any atom is 0.310 e. The summed E-state index contributed by atoms with van der Waals surface area (Å²) in [6.45, 7) is 1.89. The molecule has 23 heavy (non-hydrogen) atoms. The van der Waals surface area contributed by atoms with Crippen LogP contribution in [0.5, 0.6) is 0 Å². The van der Waals surface area contributed by atoms with Gasteiger partial charge in [0.2, 0.25) is 5.91 Å². The predicted molar refractivity (Wildman–Crippen MR) is 85.9 cm³/mol. The van der Waals surface area contributed by atoms with Crippen molar-refractivity contribution in [3.05, 3.63) is 36.1 Å². The highest BCUT2D eigenvalue weighted by atomic mass is 16.4. The number of aliphatic carboxylic acids is 1. The van der Waals surface area contributed by atoms with Crippen LogP contribution in [-0.2, 0) is 9.59 Å². The molecular formula is C18H21NO4. The zero-order valence-electron chi connectivity index (χ0n) is 13.4. The van der Waals surface area contributed by atoms with Gasteiger partial charge in [0.1, 0.15) is 11.3 Å². The number of hydrogen-bond donors (Lipinski definition) is 1. The molecule has 1 aliphatic rings. The highest BCUT2D eigenvalue weighted by molar-refractivity contribution is 5.86. The molecule has 1 N–H and O–H groups in total. The van der Waals surface area contributed by atoms with Crippen molar-refractivity contribution in [2.75, 3.05) is 7.05 Å². The molecule has 0 saturated heterocycles. The van der Waals surface area contributed by atoms with Crippen LogP contribution in [0.3, 0.4) is 0 Å². The third-order valence-corrected chi connectivity index (χ3v) is 5.08. The second-order valence-corrected chi connectivity index (χ2v) is 6.48. The Hall–Kier alpha value is -2.30. The minimum atomic E-state index is -0.862. The molecule has 0 radical (unpaired) electrons. The van der Waals surface area contributed by atoms with Crippen molar-refractivity contribution >= 4 is 22.8 Å². The van der Waals surface area contributed by atoms with Gasteiger partial charge >= 0.3 is 5.97 Å². The zero-order valence-corrected chi connectivity index (χ0v) is 13.4. The van der Waals surface area contributed by atoms with Gasteiger partial charge in [-0.05, 0) is 31.9 Å². The molecule has 0 bridgehead atoms. The number of carbonyl (C=O) groups excluding carboxylic acids is 1. The lowest BCUT2D eigenvalue weighted by Gasteiger charge is -2.38. The molecular weight excluding hydrogens is 294 g/mol. The average Bonchev–Trinajstić information content (AvgIpc) is 2.92. The van der Waals surface area contributed by atoms with Gasteiger partial charge in [0.05, 0.1) is 11.5 Å². The highest BCUT2D eigenvalue weighted by Gasteiger charge is 2.46. The Morgan fingerprint density at radius 3 is 2.61 bits per heavy atom. The quantitative estimate of drug-likeness (QED) is 0.915. The van der Waals surface area contributed by atoms with Crippen molar-refractivity contribution in [2.24, 2.45) is 5.41 Å². The van der Waals surface area contributed by atoms with E-state index in [1.807, 2.05) is 37.3 Å². The van der Waals surface area contributed by atoms with Crippen LogP contribution in [0.2, 0.25) is 0 Å². The van der Waals surface area contributed by atoms with Gasteiger partial charge in [0.15, 0.2) is 0 Å². The van der Waals surface area contributed by atoms with Crippen molar-refractivity contribution in [1.82, 2.24) is 4.90 Å². The summed E-state index contributed by atoms with van der Waals surface area (Å²) in [7, 11) is 1.70. The summed E-state index contributed by atoms with van der Waals surface area (Å²) in [6, 6.07) is 9.39. The van der Waals surface area contributed by atoms with Gasteiger partial charge in [-0.2, -0.15) is 0 Å².